The Morgan fingerprint density at radius 3 is 2.41 bits per heavy atom. The van der Waals surface area contributed by atoms with Crippen molar-refractivity contribution in [2.45, 2.75) is 12.5 Å². The first-order chi connectivity index (χ1) is 14.1. The minimum atomic E-state index is -0.542. The third kappa shape index (κ3) is 5.44. The van der Waals surface area contributed by atoms with E-state index >= 15 is 0 Å². The average Bonchev–Trinajstić information content (AvgIpc) is 2.74. The summed E-state index contributed by atoms with van der Waals surface area (Å²) in [5, 5.41) is 15.0. The summed E-state index contributed by atoms with van der Waals surface area (Å²) in [4.78, 5) is 25.3. The molecule has 2 amide bonds. The number of rotatable bonds is 6. The summed E-state index contributed by atoms with van der Waals surface area (Å²) in [5.41, 5.74) is 2.12. The van der Waals surface area contributed by atoms with Crippen LogP contribution < -0.4 is 10.6 Å². The summed E-state index contributed by atoms with van der Waals surface area (Å²) in [6, 6.07) is 24.2. The molecule has 0 aliphatic rings. The number of benzene rings is 3. The summed E-state index contributed by atoms with van der Waals surface area (Å²) < 4.78 is 0. The molecular weight excluding hydrogens is 386 g/mol. The summed E-state index contributed by atoms with van der Waals surface area (Å²) in [7, 11) is 0. The zero-order chi connectivity index (χ0) is 20.6. The van der Waals surface area contributed by atoms with Crippen LogP contribution in [-0.2, 0) is 4.79 Å². The molecule has 0 aliphatic carbocycles. The molecule has 0 unspecified atom stereocenters. The molecule has 5 nitrogen and oxygen atoms in total. The van der Waals surface area contributed by atoms with E-state index in [0.29, 0.717) is 21.8 Å². The van der Waals surface area contributed by atoms with E-state index in [1.165, 1.54) is 0 Å². The molecule has 0 aliphatic heterocycles. The zero-order valence-corrected chi connectivity index (χ0v) is 16.2. The molecule has 0 spiro atoms. The van der Waals surface area contributed by atoms with Gasteiger partial charge in [-0.25, -0.2) is 0 Å². The number of nitrogens with one attached hydrogen (secondary N) is 2. The van der Waals surface area contributed by atoms with Crippen LogP contribution in [0.4, 0.5) is 5.69 Å². The lowest BCUT2D eigenvalue weighted by molar-refractivity contribution is -0.116. The lowest BCUT2D eigenvalue weighted by Gasteiger charge is -2.19. The van der Waals surface area contributed by atoms with Gasteiger partial charge in [0.25, 0.3) is 5.91 Å². The van der Waals surface area contributed by atoms with Crippen LogP contribution in [0.15, 0.2) is 78.9 Å². The molecule has 0 aromatic heterocycles. The first kappa shape index (κ1) is 20.1. The Labute approximate surface area is 173 Å². The predicted octanol–water partition coefficient (Wildman–Crippen LogP) is 4.71. The lowest BCUT2D eigenvalue weighted by atomic mass is 10.0. The molecular formula is C23H18ClN3O2. The van der Waals surface area contributed by atoms with Gasteiger partial charge in [-0.15, -0.1) is 0 Å². The van der Waals surface area contributed by atoms with Gasteiger partial charge >= 0.3 is 0 Å². The third-order valence-corrected chi connectivity index (χ3v) is 4.62. The van der Waals surface area contributed by atoms with Crippen LogP contribution in [0.1, 0.15) is 33.9 Å². The van der Waals surface area contributed by atoms with E-state index in [-0.39, 0.29) is 18.2 Å². The number of halogens is 1. The fraction of sp³-hybridized carbons (Fsp3) is 0.0870. The summed E-state index contributed by atoms with van der Waals surface area (Å²) in [5.74, 6) is -0.642. The van der Waals surface area contributed by atoms with Gasteiger partial charge in [-0.05, 0) is 35.9 Å². The molecule has 2 N–H and O–H groups in total. The fourth-order valence-electron chi connectivity index (χ4n) is 2.88. The highest BCUT2D eigenvalue weighted by molar-refractivity contribution is 6.33. The number of anilines is 1. The van der Waals surface area contributed by atoms with Crippen LogP contribution >= 0.6 is 11.6 Å². The van der Waals surface area contributed by atoms with Crippen LogP contribution in [0.5, 0.6) is 0 Å². The number of hydrogen-bond donors (Lipinski definition) is 2. The Bertz CT molecular complexity index is 1060. The molecule has 0 saturated heterocycles. The molecule has 0 heterocycles. The summed E-state index contributed by atoms with van der Waals surface area (Å²) in [6.45, 7) is 0. The van der Waals surface area contributed by atoms with E-state index in [9.17, 15) is 9.59 Å². The standard InChI is InChI=1S/C23H18ClN3O2/c24-20-12-5-4-11-19(20)23(29)27-21(17-8-2-1-3-9-17)14-22(28)26-18-10-6-7-16(13-18)15-25/h1-13,21H,14H2,(H,26,28)(H,27,29)/t21-/m1/s1. The average molecular weight is 404 g/mol. The van der Waals surface area contributed by atoms with Gasteiger partial charge in [0.05, 0.1) is 34.7 Å². The van der Waals surface area contributed by atoms with Crippen molar-refractivity contribution in [3.8, 4) is 6.07 Å². The zero-order valence-electron chi connectivity index (χ0n) is 15.4. The van der Waals surface area contributed by atoms with Crippen molar-refractivity contribution in [1.29, 1.82) is 5.26 Å². The lowest BCUT2D eigenvalue weighted by Crippen LogP contribution is -2.31. The molecule has 0 fully saturated rings. The predicted molar refractivity (Wildman–Crippen MR) is 113 cm³/mol. The van der Waals surface area contributed by atoms with Crippen molar-refractivity contribution in [1.82, 2.24) is 5.32 Å². The van der Waals surface area contributed by atoms with Crippen LogP contribution in [-0.4, -0.2) is 11.8 Å². The van der Waals surface area contributed by atoms with Crippen LogP contribution in [0.3, 0.4) is 0 Å². The van der Waals surface area contributed by atoms with E-state index in [2.05, 4.69) is 10.6 Å². The van der Waals surface area contributed by atoms with E-state index in [0.717, 1.165) is 5.56 Å². The van der Waals surface area contributed by atoms with E-state index in [4.69, 9.17) is 16.9 Å². The molecule has 6 heteroatoms. The largest absolute Gasteiger partial charge is 0.345 e. The molecule has 0 radical (unpaired) electrons. The minimum Gasteiger partial charge on any atom is -0.345 e. The van der Waals surface area contributed by atoms with Crippen molar-refractivity contribution >= 4 is 29.1 Å². The van der Waals surface area contributed by atoms with Crippen molar-refractivity contribution < 1.29 is 9.59 Å². The molecule has 3 aromatic rings. The Hall–Kier alpha value is -3.62. The van der Waals surface area contributed by atoms with Crippen molar-refractivity contribution in [2.24, 2.45) is 0 Å². The van der Waals surface area contributed by atoms with E-state index in [1.54, 1.807) is 48.5 Å². The normalized spacial score (nSPS) is 11.2. The number of carbonyl (C=O) groups excluding carboxylic acids is 2. The molecule has 3 aromatic carbocycles. The smallest absolute Gasteiger partial charge is 0.253 e. The van der Waals surface area contributed by atoms with Crippen molar-refractivity contribution in [2.75, 3.05) is 5.32 Å². The van der Waals surface area contributed by atoms with Gasteiger partial charge in [0, 0.05) is 5.69 Å². The highest BCUT2D eigenvalue weighted by atomic mass is 35.5. The van der Waals surface area contributed by atoms with E-state index in [1.807, 2.05) is 36.4 Å². The van der Waals surface area contributed by atoms with Crippen molar-refractivity contribution in [3.63, 3.8) is 0 Å². The fourth-order valence-corrected chi connectivity index (χ4v) is 3.10. The highest BCUT2D eigenvalue weighted by Gasteiger charge is 2.20. The number of nitriles is 1. The number of carbonyl (C=O) groups is 2. The molecule has 0 bridgehead atoms. The van der Waals surface area contributed by atoms with Gasteiger partial charge in [-0.3, -0.25) is 9.59 Å². The molecule has 3 rings (SSSR count). The quantitative estimate of drug-likeness (QED) is 0.625. The Balaban J connectivity index is 1.77. The van der Waals surface area contributed by atoms with E-state index < -0.39 is 6.04 Å². The van der Waals surface area contributed by atoms with Gasteiger partial charge < -0.3 is 10.6 Å². The van der Waals surface area contributed by atoms with Crippen LogP contribution in [0, 0.1) is 11.3 Å². The van der Waals surface area contributed by atoms with Crippen LogP contribution in [0.2, 0.25) is 5.02 Å². The summed E-state index contributed by atoms with van der Waals surface area (Å²) in [6.07, 6.45) is 0.0248. The number of hydrogen-bond acceptors (Lipinski definition) is 3. The Kier molecular flexibility index (Phi) is 6.62. The maximum absolute atomic E-state index is 12.7. The first-order valence-corrected chi connectivity index (χ1v) is 9.35. The van der Waals surface area contributed by atoms with Gasteiger partial charge in [0.15, 0.2) is 0 Å². The minimum absolute atomic E-state index is 0.0248. The number of amides is 2. The Morgan fingerprint density at radius 1 is 0.966 bits per heavy atom. The second-order valence-electron chi connectivity index (χ2n) is 6.36. The maximum atomic E-state index is 12.7. The molecule has 0 saturated carbocycles. The first-order valence-electron chi connectivity index (χ1n) is 8.97. The SMILES string of the molecule is N#Cc1cccc(NC(=O)C[C@@H](NC(=O)c2ccccc2Cl)c2ccccc2)c1. The molecule has 29 heavy (non-hydrogen) atoms. The Morgan fingerprint density at radius 2 is 1.69 bits per heavy atom. The topological polar surface area (TPSA) is 82.0 Å². The summed E-state index contributed by atoms with van der Waals surface area (Å²) >= 11 is 6.12. The van der Waals surface area contributed by atoms with Crippen LogP contribution in [0.25, 0.3) is 0 Å². The van der Waals surface area contributed by atoms with Gasteiger partial charge in [-0.1, -0.05) is 60.1 Å². The van der Waals surface area contributed by atoms with Gasteiger partial charge in [0.2, 0.25) is 5.91 Å². The second kappa shape index (κ2) is 9.54. The molecule has 144 valence electrons. The monoisotopic (exact) mass is 403 g/mol. The second-order valence-corrected chi connectivity index (χ2v) is 6.77. The number of nitrogens with zero attached hydrogens (tertiary/aromatic N) is 1. The molecule has 1 atom stereocenters. The van der Waals surface area contributed by atoms with Gasteiger partial charge in [-0.2, -0.15) is 5.26 Å². The highest BCUT2D eigenvalue weighted by Crippen LogP contribution is 2.21. The maximum Gasteiger partial charge on any atom is 0.253 e. The third-order valence-electron chi connectivity index (χ3n) is 4.29. The van der Waals surface area contributed by atoms with Gasteiger partial charge in [0.1, 0.15) is 0 Å². The van der Waals surface area contributed by atoms with Crippen molar-refractivity contribution in [3.05, 3.63) is 101 Å².